The lowest BCUT2D eigenvalue weighted by atomic mass is 10.2. The molecule has 0 bridgehead atoms. The van der Waals surface area contributed by atoms with Crippen LogP contribution in [0.5, 0.6) is 5.75 Å². The van der Waals surface area contributed by atoms with Crippen molar-refractivity contribution in [2.45, 2.75) is 33.4 Å². The molecule has 6 heteroatoms. The molecule has 0 spiro atoms. The highest BCUT2D eigenvalue weighted by Crippen LogP contribution is 2.17. The maximum atomic E-state index is 13.8. The number of anilines is 1. The quantitative estimate of drug-likeness (QED) is 0.823. The van der Waals surface area contributed by atoms with Crippen LogP contribution in [0.3, 0.4) is 0 Å². The van der Waals surface area contributed by atoms with E-state index in [0.717, 1.165) is 0 Å². The van der Waals surface area contributed by atoms with Crippen molar-refractivity contribution in [1.29, 1.82) is 0 Å². The van der Waals surface area contributed by atoms with E-state index in [9.17, 15) is 14.0 Å². The molecule has 0 aliphatic heterocycles. The number of hydrogen-bond donors (Lipinski definition) is 1. The van der Waals surface area contributed by atoms with Crippen molar-refractivity contribution < 1.29 is 18.7 Å². The number of rotatable bonds is 7. The van der Waals surface area contributed by atoms with Gasteiger partial charge in [-0.2, -0.15) is 0 Å². The lowest BCUT2D eigenvalue weighted by Gasteiger charge is -2.21. The number of ether oxygens (including phenoxy) is 1. The summed E-state index contributed by atoms with van der Waals surface area (Å²) >= 11 is 0. The van der Waals surface area contributed by atoms with Gasteiger partial charge in [0.1, 0.15) is 18.1 Å². The van der Waals surface area contributed by atoms with Gasteiger partial charge in [-0.1, -0.05) is 18.2 Å². The summed E-state index contributed by atoms with van der Waals surface area (Å²) in [6, 6.07) is 13.2. The highest BCUT2D eigenvalue weighted by atomic mass is 19.1. The lowest BCUT2D eigenvalue weighted by Crippen LogP contribution is -2.36. The molecule has 0 unspecified atom stereocenters. The lowest BCUT2D eigenvalue weighted by molar-refractivity contribution is -0.133. The van der Waals surface area contributed by atoms with Crippen molar-refractivity contribution in [3.8, 4) is 5.75 Å². The summed E-state index contributed by atoms with van der Waals surface area (Å²) in [5.41, 5.74) is 0.964. The molecule has 0 saturated carbocycles. The molecule has 26 heavy (non-hydrogen) atoms. The van der Waals surface area contributed by atoms with E-state index in [2.05, 4.69) is 5.32 Å². The second-order valence-corrected chi connectivity index (χ2v) is 6.21. The van der Waals surface area contributed by atoms with Gasteiger partial charge in [-0.15, -0.1) is 0 Å². The molecule has 0 aliphatic rings. The van der Waals surface area contributed by atoms with Gasteiger partial charge in [-0.3, -0.25) is 9.59 Å². The van der Waals surface area contributed by atoms with Crippen LogP contribution in [0.4, 0.5) is 10.1 Å². The predicted octanol–water partition coefficient (Wildman–Crippen LogP) is 3.60. The predicted molar refractivity (Wildman–Crippen MR) is 98.3 cm³/mol. The summed E-state index contributed by atoms with van der Waals surface area (Å²) in [5.74, 6) is -0.346. The minimum Gasteiger partial charge on any atom is -0.491 e. The Morgan fingerprint density at radius 1 is 1.12 bits per heavy atom. The molecule has 0 heterocycles. The fourth-order valence-corrected chi connectivity index (χ4v) is 2.37. The molecular formula is C20H23FN2O3. The smallest absolute Gasteiger partial charge is 0.244 e. The van der Waals surface area contributed by atoms with E-state index in [4.69, 9.17) is 4.74 Å². The van der Waals surface area contributed by atoms with Crippen LogP contribution in [0.15, 0.2) is 48.5 Å². The summed E-state index contributed by atoms with van der Waals surface area (Å²) in [6.45, 7) is 5.10. The van der Waals surface area contributed by atoms with Gasteiger partial charge in [0, 0.05) is 24.7 Å². The Morgan fingerprint density at radius 3 is 2.35 bits per heavy atom. The summed E-state index contributed by atoms with van der Waals surface area (Å²) in [4.78, 5) is 25.3. The molecule has 138 valence electrons. The van der Waals surface area contributed by atoms with Crippen molar-refractivity contribution in [3.63, 3.8) is 0 Å². The molecule has 0 aliphatic carbocycles. The average Bonchev–Trinajstić information content (AvgIpc) is 2.57. The highest BCUT2D eigenvalue weighted by molar-refractivity contribution is 5.94. The van der Waals surface area contributed by atoms with E-state index >= 15 is 0 Å². The summed E-state index contributed by atoms with van der Waals surface area (Å²) < 4.78 is 19.3. The normalized spacial score (nSPS) is 10.5. The summed E-state index contributed by atoms with van der Waals surface area (Å²) in [7, 11) is 0. The monoisotopic (exact) mass is 358 g/mol. The molecule has 0 saturated heterocycles. The van der Waals surface area contributed by atoms with Crippen LogP contribution in [-0.2, 0) is 16.1 Å². The largest absolute Gasteiger partial charge is 0.491 e. The number of benzene rings is 2. The van der Waals surface area contributed by atoms with Crippen molar-refractivity contribution in [3.05, 3.63) is 59.9 Å². The van der Waals surface area contributed by atoms with E-state index in [-0.39, 0.29) is 31.0 Å². The Kier molecular flexibility index (Phi) is 6.72. The standard InChI is InChI=1S/C20H23FN2O3/c1-14(2)26-18-10-8-17(9-11-18)22-20(25)13-23(15(3)24)12-16-6-4-5-7-19(16)21/h4-11,14H,12-13H2,1-3H3,(H,22,25). The van der Waals surface area contributed by atoms with Gasteiger partial charge in [-0.05, 0) is 44.2 Å². The number of nitrogens with zero attached hydrogens (tertiary/aromatic N) is 1. The molecule has 2 rings (SSSR count). The Morgan fingerprint density at radius 2 is 1.77 bits per heavy atom. The molecule has 0 radical (unpaired) electrons. The third-order valence-electron chi connectivity index (χ3n) is 3.61. The van der Waals surface area contributed by atoms with Gasteiger partial charge in [0.15, 0.2) is 0 Å². The molecule has 5 nitrogen and oxygen atoms in total. The van der Waals surface area contributed by atoms with Crippen LogP contribution in [0.25, 0.3) is 0 Å². The zero-order chi connectivity index (χ0) is 19.1. The fourth-order valence-electron chi connectivity index (χ4n) is 2.37. The number of amides is 2. The van der Waals surface area contributed by atoms with Gasteiger partial charge in [0.05, 0.1) is 6.10 Å². The molecule has 2 amide bonds. The minimum atomic E-state index is -0.403. The topological polar surface area (TPSA) is 58.6 Å². The summed E-state index contributed by atoms with van der Waals surface area (Å²) in [6.07, 6.45) is 0.0675. The number of nitrogens with one attached hydrogen (secondary N) is 1. The third kappa shape index (κ3) is 5.88. The number of carbonyl (C=O) groups is 2. The van der Waals surface area contributed by atoms with Gasteiger partial charge >= 0.3 is 0 Å². The van der Waals surface area contributed by atoms with Gasteiger partial charge in [0.2, 0.25) is 11.8 Å². The molecule has 2 aromatic rings. The number of hydrogen-bond acceptors (Lipinski definition) is 3. The zero-order valence-corrected chi connectivity index (χ0v) is 15.2. The Labute approximate surface area is 152 Å². The Bertz CT molecular complexity index is 760. The van der Waals surface area contributed by atoms with Gasteiger partial charge in [0.25, 0.3) is 0 Å². The number of carbonyl (C=O) groups excluding carboxylic acids is 2. The molecule has 2 aromatic carbocycles. The van der Waals surface area contributed by atoms with E-state index in [1.54, 1.807) is 42.5 Å². The first-order valence-corrected chi connectivity index (χ1v) is 8.40. The van der Waals surface area contributed by atoms with Crippen molar-refractivity contribution in [2.24, 2.45) is 0 Å². The second kappa shape index (κ2) is 8.99. The summed E-state index contributed by atoms with van der Waals surface area (Å²) in [5, 5.41) is 2.73. The molecule has 1 N–H and O–H groups in total. The Balaban J connectivity index is 1.97. The third-order valence-corrected chi connectivity index (χ3v) is 3.61. The minimum absolute atomic E-state index is 0.0383. The van der Waals surface area contributed by atoms with Gasteiger partial charge in [-0.25, -0.2) is 4.39 Å². The average molecular weight is 358 g/mol. The maximum Gasteiger partial charge on any atom is 0.244 e. The van der Waals surface area contributed by atoms with Crippen LogP contribution in [-0.4, -0.2) is 29.4 Å². The van der Waals surface area contributed by atoms with Crippen molar-refractivity contribution >= 4 is 17.5 Å². The molecular weight excluding hydrogens is 335 g/mol. The van der Waals surface area contributed by atoms with Crippen molar-refractivity contribution in [2.75, 3.05) is 11.9 Å². The Hall–Kier alpha value is -2.89. The molecule has 0 atom stereocenters. The fraction of sp³-hybridized carbons (Fsp3) is 0.300. The first-order valence-electron chi connectivity index (χ1n) is 8.40. The van der Waals surface area contributed by atoms with E-state index in [0.29, 0.717) is 17.0 Å². The van der Waals surface area contributed by atoms with E-state index in [1.807, 2.05) is 13.8 Å². The van der Waals surface area contributed by atoms with Gasteiger partial charge < -0.3 is 15.0 Å². The molecule has 0 fully saturated rings. The van der Waals surface area contributed by atoms with Crippen LogP contribution in [0.1, 0.15) is 26.3 Å². The SMILES string of the molecule is CC(=O)N(CC(=O)Nc1ccc(OC(C)C)cc1)Cc1ccccc1F. The van der Waals surface area contributed by atoms with Crippen LogP contribution in [0, 0.1) is 5.82 Å². The van der Waals surface area contributed by atoms with Crippen molar-refractivity contribution in [1.82, 2.24) is 4.90 Å². The zero-order valence-electron chi connectivity index (χ0n) is 15.2. The van der Waals surface area contributed by atoms with E-state index < -0.39 is 5.82 Å². The first kappa shape index (κ1) is 19.4. The maximum absolute atomic E-state index is 13.8. The number of halogens is 1. The highest BCUT2D eigenvalue weighted by Gasteiger charge is 2.16. The van der Waals surface area contributed by atoms with Crippen LogP contribution >= 0.6 is 0 Å². The van der Waals surface area contributed by atoms with Crippen LogP contribution < -0.4 is 10.1 Å². The first-order chi connectivity index (χ1) is 12.3. The van der Waals surface area contributed by atoms with Crippen LogP contribution in [0.2, 0.25) is 0 Å². The molecule has 0 aromatic heterocycles. The van der Waals surface area contributed by atoms with E-state index in [1.165, 1.54) is 17.9 Å². The second-order valence-electron chi connectivity index (χ2n) is 6.21.